The number of rotatable bonds is 2. The minimum atomic E-state index is -0.667. The van der Waals surface area contributed by atoms with Crippen molar-refractivity contribution >= 4 is 11.7 Å². The van der Waals surface area contributed by atoms with Gasteiger partial charge in [0.25, 0.3) is 5.91 Å². The first-order valence-electron chi connectivity index (χ1n) is 3.97. The summed E-state index contributed by atoms with van der Waals surface area (Å²) in [6, 6.07) is 0. The number of carbonyl (C=O) groups excluding carboxylic acids is 1. The Kier molecular flexibility index (Phi) is 2.01. The summed E-state index contributed by atoms with van der Waals surface area (Å²) < 4.78 is 0. The lowest BCUT2D eigenvalue weighted by Crippen LogP contribution is -2.15. The summed E-state index contributed by atoms with van der Waals surface area (Å²) in [5, 5.41) is 9.78. The second-order valence-corrected chi connectivity index (χ2v) is 2.71. The van der Waals surface area contributed by atoms with Crippen molar-refractivity contribution in [3.8, 4) is 11.5 Å². The highest BCUT2D eigenvalue weighted by Gasteiger charge is 2.11. The number of aromatic nitrogens is 5. The van der Waals surface area contributed by atoms with Crippen molar-refractivity contribution in [2.75, 3.05) is 5.73 Å². The number of amides is 1. The average molecular weight is 205 g/mol. The van der Waals surface area contributed by atoms with Gasteiger partial charge in [-0.25, -0.2) is 9.97 Å². The van der Waals surface area contributed by atoms with Gasteiger partial charge in [-0.15, -0.1) is 0 Å². The molecule has 2 rings (SSSR count). The summed E-state index contributed by atoms with van der Waals surface area (Å²) in [6.45, 7) is 0. The SMILES string of the molecule is NC(=O)c1cnc(-c2cn[nH]n2)nc1N. The second-order valence-electron chi connectivity index (χ2n) is 2.71. The number of hydrogen-bond acceptors (Lipinski definition) is 6. The Bertz CT molecular complexity index is 492. The zero-order valence-corrected chi connectivity index (χ0v) is 7.51. The molecule has 0 fully saturated rings. The molecular weight excluding hydrogens is 198 g/mol. The van der Waals surface area contributed by atoms with Crippen LogP contribution in [0, 0.1) is 0 Å². The summed E-state index contributed by atoms with van der Waals surface area (Å²) in [4.78, 5) is 18.6. The van der Waals surface area contributed by atoms with Gasteiger partial charge in [-0.05, 0) is 0 Å². The van der Waals surface area contributed by atoms with Crippen LogP contribution in [0.4, 0.5) is 5.82 Å². The highest BCUT2D eigenvalue weighted by atomic mass is 16.1. The van der Waals surface area contributed by atoms with Gasteiger partial charge in [-0.2, -0.15) is 15.4 Å². The van der Waals surface area contributed by atoms with E-state index in [0.717, 1.165) is 0 Å². The average Bonchev–Trinajstić information content (AvgIpc) is 2.69. The van der Waals surface area contributed by atoms with Crippen molar-refractivity contribution in [1.82, 2.24) is 25.4 Å². The third-order valence-corrected chi connectivity index (χ3v) is 1.73. The molecule has 0 atom stereocenters. The molecule has 0 bridgehead atoms. The molecule has 2 aromatic rings. The molecule has 0 aliphatic heterocycles. The van der Waals surface area contributed by atoms with E-state index in [2.05, 4.69) is 25.4 Å². The quantitative estimate of drug-likeness (QED) is 0.571. The first-order valence-corrected chi connectivity index (χ1v) is 3.97. The van der Waals surface area contributed by atoms with E-state index >= 15 is 0 Å². The third-order valence-electron chi connectivity index (χ3n) is 1.73. The lowest BCUT2D eigenvalue weighted by molar-refractivity contribution is 0.100. The summed E-state index contributed by atoms with van der Waals surface area (Å²) >= 11 is 0. The van der Waals surface area contributed by atoms with E-state index in [9.17, 15) is 4.79 Å². The second kappa shape index (κ2) is 3.33. The van der Waals surface area contributed by atoms with Gasteiger partial charge in [0, 0.05) is 6.20 Å². The van der Waals surface area contributed by atoms with Crippen LogP contribution in [0.1, 0.15) is 10.4 Å². The molecule has 2 aromatic heterocycles. The number of nitrogen functional groups attached to an aromatic ring is 1. The van der Waals surface area contributed by atoms with Crippen LogP contribution in [-0.2, 0) is 0 Å². The number of H-pyrrole nitrogens is 1. The number of nitrogens with two attached hydrogens (primary N) is 2. The maximum atomic E-state index is 10.8. The number of aromatic amines is 1. The molecular formula is C7H7N7O. The van der Waals surface area contributed by atoms with Crippen molar-refractivity contribution in [3.63, 3.8) is 0 Å². The molecule has 8 nitrogen and oxygen atoms in total. The number of hydrogen-bond donors (Lipinski definition) is 3. The van der Waals surface area contributed by atoms with Crippen LogP contribution in [0.25, 0.3) is 11.5 Å². The number of nitrogens with one attached hydrogen (secondary N) is 1. The van der Waals surface area contributed by atoms with E-state index < -0.39 is 5.91 Å². The molecule has 8 heteroatoms. The van der Waals surface area contributed by atoms with E-state index in [0.29, 0.717) is 5.69 Å². The van der Waals surface area contributed by atoms with E-state index in [1.165, 1.54) is 12.4 Å². The van der Waals surface area contributed by atoms with Gasteiger partial charge in [-0.1, -0.05) is 0 Å². The third kappa shape index (κ3) is 1.59. The molecule has 76 valence electrons. The maximum Gasteiger partial charge on any atom is 0.254 e. The van der Waals surface area contributed by atoms with E-state index in [1.807, 2.05) is 0 Å². The minimum absolute atomic E-state index is 0.0236. The lowest BCUT2D eigenvalue weighted by atomic mass is 10.3. The van der Waals surface area contributed by atoms with Gasteiger partial charge in [0.05, 0.1) is 11.8 Å². The molecule has 0 unspecified atom stereocenters. The maximum absolute atomic E-state index is 10.8. The normalized spacial score (nSPS) is 10.1. The van der Waals surface area contributed by atoms with Gasteiger partial charge in [0.1, 0.15) is 11.5 Å². The molecule has 0 saturated heterocycles. The van der Waals surface area contributed by atoms with Crippen LogP contribution in [-0.4, -0.2) is 31.3 Å². The topological polar surface area (TPSA) is 136 Å². The summed E-state index contributed by atoms with van der Waals surface area (Å²) in [5.41, 5.74) is 11.1. The Morgan fingerprint density at radius 2 is 2.20 bits per heavy atom. The molecule has 0 radical (unpaired) electrons. The van der Waals surface area contributed by atoms with Crippen molar-refractivity contribution in [1.29, 1.82) is 0 Å². The number of carbonyl (C=O) groups is 1. The van der Waals surface area contributed by atoms with Crippen molar-refractivity contribution in [3.05, 3.63) is 18.0 Å². The number of primary amides is 1. The fourth-order valence-electron chi connectivity index (χ4n) is 1.02. The van der Waals surface area contributed by atoms with Gasteiger partial charge in [0.15, 0.2) is 5.82 Å². The smallest absolute Gasteiger partial charge is 0.254 e. The van der Waals surface area contributed by atoms with E-state index in [4.69, 9.17) is 11.5 Å². The summed E-state index contributed by atoms with van der Waals surface area (Å²) in [6.07, 6.45) is 2.70. The predicted octanol–water partition coefficient (Wildman–Crippen LogP) is -1.06. The highest BCUT2D eigenvalue weighted by molar-refractivity contribution is 5.96. The zero-order chi connectivity index (χ0) is 10.8. The van der Waals surface area contributed by atoms with Gasteiger partial charge < -0.3 is 11.5 Å². The Balaban J connectivity index is 2.47. The predicted molar refractivity (Wildman–Crippen MR) is 50.3 cm³/mol. The molecule has 0 aromatic carbocycles. The van der Waals surface area contributed by atoms with E-state index in [-0.39, 0.29) is 17.2 Å². The molecule has 0 aliphatic rings. The molecule has 2 heterocycles. The van der Waals surface area contributed by atoms with Crippen LogP contribution >= 0.6 is 0 Å². The monoisotopic (exact) mass is 205 g/mol. The molecule has 0 aliphatic carbocycles. The molecule has 5 N–H and O–H groups in total. The standard InChI is InChI=1S/C7H7N7O/c8-5-3(6(9)15)1-10-7(12-5)4-2-11-14-13-4/h1-2H,(H2,9,15)(H2,8,10,12)(H,11,13,14). The first-order chi connectivity index (χ1) is 7.18. The number of anilines is 1. The highest BCUT2D eigenvalue weighted by Crippen LogP contribution is 2.13. The Morgan fingerprint density at radius 3 is 2.73 bits per heavy atom. The number of nitrogens with zero attached hydrogens (tertiary/aromatic N) is 4. The molecule has 1 amide bonds. The largest absolute Gasteiger partial charge is 0.383 e. The van der Waals surface area contributed by atoms with Gasteiger partial charge in [-0.3, -0.25) is 4.79 Å². The van der Waals surface area contributed by atoms with Crippen molar-refractivity contribution in [2.24, 2.45) is 5.73 Å². The van der Waals surface area contributed by atoms with Crippen molar-refractivity contribution < 1.29 is 4.79 Å². The lowest BCUT2D eigenvalue weighted by Gasteiger charge is -2.00. The minimum Gasteiger partial charge on any atom is -0.383 e. The summed E-state index contributed by atoms with van der Waals surface area (Å²) in [7, 11) is 0. The van der Waals surface area contributed by atoms with Crippen LogP contribution < -0.4 is 11.5 Å². The molecule has 0 saturated carbocycles. The van der Waals surface area contributed by atoms with Crippen molar-refractivity contribution in [2.45, 2.75) is 0 Å². The fraction of sp³-hybridized carbons (Fsp3) is 0. The van der Waals surface area contributed by atoms with Crippen LogP contribution in [0.15, 0.2) is 12.4 Å². The van der Waals surface area contributed by atoms with E-state index in [1.54, 1.807) is 0 Å². The Hall–Kier alpha value is -2.51. The Morgan fingerprint density at radius 1 is 1.40 bits per heavy atom. The van der Waals surface area contributed by atoms with Gasteiger partial charge in [0.2, 0.25) is 0 Å². The fourth-order valence-corrected chi connectivity index (χ4v) is 1.02. The first kappa shape index (κ1) is 9.06. The van der Waals surface area contributed by atoms with Crippen LogP contribution in [0.5, 0.6) is 0 Å². The van der Waals surface area contributed by atoms with Crippen LogP contribution in [0.3, 0.4) is 0 Å². The Labute approximate surface area is 83.7 Å². The zero-order valence-electron chi connectivity index (χ0n) is 7.51. The molecule has 15 heavy (non-hydrogen) atoms. The van der Waals surface area contributed by atoms with Crippen LogP contribution in [0.2, 0.25) is 0 Å². The summed E-state index contributed by atoms with van der Waals surface area (Å²) in [5.74, 6) is -0.360. The molecule has 0 spiro atoms. The van der Waals surface area contributed by atoms with Gasteiger partial charge >= 0.3 is 0 Å².